The van der Waals surface area contributed by atoms with E-state index in [9.17, 15) is 9.59 Å². The van der Waals surface area contributed by atoms with Crippen LogP contribution in [0.2, 0.25) is 0 Å². The molecule has 0 aromatic heterocycles. The smallest absolute Gasteiger partial charge is 0.335 e. The summed E-state index contributed by atoms with van der Waals surface area (Å²) in [6.45, 7) is 1.94. The van der Waals surface area contributed by atoms with Crippen molar-refractivity contribution in [2.45, 2.75) is 6.92 Å². The molecular formula is C21H23N5O4. The second-order valence-corrected chi connectivity index (χ2v) is 6.56. The van der Waals surface area contributed by atoms with E-state index in [2.05, 4.69) is 21.5 Å². The van der Waals surface area contributed by atoms with E-state index < -0.39 is 5.97 Å². The Bertz CT molecular complexity index is 1060. The number of ether oxygens (including phenoxy) is 1. The average molecular weight is 409 g/mol. The molecule has 1 aliphatic heterocycles. The molecule has 1 heterocycles. The SMILES string of the molecule is CNC(=O)C1=C(Nc2ccc(C)c(-c3ccc(C(=O)O)cc3)c2OC)C=C(N)NN1. The number of hydrogen-bond donors (Lipinski definition) is 6. The number of carboxylic acid groups (broad SMARTS) is 1. The molecule has 0 saturated carbocycles. The Kier molecular flexibility index (Phi) is 5.82. The van der Waals surface area contributed by atoms with Crippen molar-refractivity contribution in [2.75, 3.05) is 19.5 Å². The summed E-state index contributed by atoms with van der Waals surface area (Å²) in [6, 6.07) is 10.3. The van der Waals surface area contributed by atoms with Crippen LogP contribution in [0.5, 0.6) is 5.75 Å². The number of nitrogens with two attached hydrogens (primary N) is 1. The molecule has 3 rings (SSSR count). The minimum Gasteiger partial charge on any atom is -0.494 e. The van der Waals surface area contributed by atoms with E-state index in [4.69, 9.17) is 15.6 Å². The molecule has 7 N–H and O–H groups in total. The maximum atomic E-state index is 12.2. The highest BCUT2D eigenvalue weighted by Gasteiger charge is 2.20. The molecular weight excluding hydrogens is 386 g/mol. The highest BCUT2D eigenvalue weighted by molar-refractivity contribution is 5.95. The maximum Gasteiger partial charge on any atom is 0.335 e. The first-order valence-electron chi connectivity index (χ1n) is 9.09. The third-order valence-corrected chi connectivity index (χ3v) is 4.62. The fourth-order valence-electron chi connectivity index (χ4n) is 3.14. The summed E-state index contributed by atoms with van der Waals surface area (Å²) in [4.78, 5) is 23.3. The molecule has 1 aliphatic rings. The molecule has 0 aliphatic carbocycles. The van der Waals surface area contributed by atoms with Crippen LogP contribution in [-0.4, -0.2) is 31.1 Å². The summed E-state index contributed by atoms with van der Waals surface area (Å²) < 4.78 is 5.69. The van der Waals surface area contributed by atoms with E-state index in [0.717, 1.165) is 16.7 Å². The number of hydrazine groups is 1. The van der Waals surface area contributed by atoms with Gasteiger partial charge in [0.05, 0.1) is 24.1 Å². The summed E-state index contributed by atoms with van der Waals surface area (Å²) in [5.41, 5.74) is 15.4. The van der Waals surface area contributed by atoms with E-state index in [1.54, 1.807) is 37.5 Å². The zero-order valence-corrected chi connectivity index (χ0v) is 16.8. The fraction of sp³-hybridized carbons (Fsp3) is 0.143. The molecule has 0 fully saturated rings. The van der Waals surface area contributed by atoms with Gasteiger partial charge in [-0.3, -0.25) is 15.6 Å². The number of nitrogens with one attached hydrogen (secondary N) is 4. The lowest BCUT2D eigenvalue weighted by Gasteiger charge is -2.23. The van der Waals surface area contributed by atoms with Crippen LogP contribution in [0.1, 0.15) is 15.9 Å². The molecule has 2 aromatic rings. The van der Waals surface area contributed by atoms with Crippen molar-refractivity contribution in [1.29, 1.82) is 0 Å². The van der Waals surface area contributed by atoms with Gasteiger partial charge in [0.15, 0.2) is 0 Å². The van der Waals surface area contributed by atoms with E-state index in [1.165, 1.54) is 7.05 Å². The van der Waals surface area contributed by atoms with Crippen LogP contribution in [0.25, 0.3) is 11.1 Å². The maximum absolute atomic E-state index is 12.2. The van der Waals surface area contributed by atoms with Crippen LogP contribution >= 0.6 is 0 Å². The van der Waals surface area contributed by atoms with Crippen molar-refractivity contribution in [3.63, 3.8) is 0 Å². The summed E-state index contributed by atoms with van der Waals surface area (Å²) >= 11 is 0. The van der Waals surface area contributed by atoms with Gasteiger partial charge in [0, 0.05) is 18.7 Å². The van der Waals surface area contributed by atoms with Gasteiger partial charge in [-0.05, 0) is 36.2 Å². The molecule has 9 heteroatoms. The number of aromatic carboxylic acids is 1. The normalized spacial score (nSPS) is 13.0. The number of rotatable bonds is 6. The zero-order chi connectivity index (χ0) is 21.8. The van der Waals surface area contributed by atoms with Crippen LogP contribution < -0.4 is 32.0 Å². The number of benzene rings is 2. The lowest BCUT2D eigenvalue weighted by atomic mass is 9.97. The van der Waals surface area contributed by atoms with Crippen molar-refractivity contribution in [3.05, 3.63) is 70.8 Å². The van der Waals surface area contributed by atoms with Crippen molar-refractivity contribution >= 4 is 17.6 Å². The Hall–Kier alpha value is -4.14. The van der Waals surface area contributed by atoms with Crippen LogP contribution in [0.15, 0.2) is 59.7 Å². The van der Waals surface area contributed by atoms with E-state index in [0.29, 0.717) is 23.0 Å². The van der Waals surface area contributed by atoms with Crippen molar-refractivity contribution in [2.24, 2.45) is 5.73 Å². The Labute approximate surface area is 173 Å². The van der Waals surface area contributed by atoms with Crippen molar-refractivity contribution < 1.29 is 19.4 Å². The third-order valence-electron chi connectivity index (χ3n) is 4.62. The molecule has 9 nitrogen and oxygen atoms in total. The summed E-state index contributed by atoms with van der Waals surface area (Å²) in [7, 11) is 3.08. The van der Waals surface area contributed by atoms with Gasteiger partial charge in [0.2, 0.25) is 0 Å². The Morgan fingerprint density at radius 3 is 2.40 bits per heavy atom. The second kappa shape index (κ2) is 8.48. The van der Waals surface area contributed by atoms with E-state index in [-0.39, 0.29) is 17.2 Å². The van der Waals surface area contributed by atoms with Gasteiger partial charge >= 0.3 is 5.97 Å². The standard InChI is InChI=1S/C21H23N5O4/c1-11-4-9-14(24-15-10-16(22)25-26-18(15)20(27)23-2)19(30-3)17(11)12-5-7-13(8-6-12)21(28)29/h4-10,24-26H,22H2,1-3H3,(H,23,27)(H,28,29). The number of carboxylic acids is 1. The molecule has 2 aromatic carbocycles. The molecule has 1 amide bonds. The monoisotopic (exact) mass is 409 g/mol. The first-order valence-corrected chi connectivity index (χ1v) is 9.09. The predicted molar refractivity (Wildman–Crippen MR) is 113 cm³/mol. The lowest BCUT2D eigenvalue weighted by Crippen LogP contribution is -2.43. The van der Waals surface area contributed by atoms with Crippen LogP contribution in [0.3, 0.4) is 0 Å². The number of carbonyl (C=O) groups is 2. The first kappa shape index (κ1) is 20.6. The predicted octanol–water partition coefficient (Wildman–Crippen LogP) is 1.65. The molecule has 0 unspecified atom stereocenters. The molecule has 0 radical (unpaired) electrons. The van der Waals surface area contributed by atoms with Crippen LogP contribution in [0, 0.1) is 6.92 Å². The molecule has 0 atom stereocenters. The number of hydrogen-bond acceptors (Lipinski definition) is 7. The number of carbonyl (C=O) groups excluding carboxylic acids is 1. The van der Waals surface area contributed by atoms with E-state index >= 15 is 0 Å². The quantitative estimate of drug-likeness (QED) is 0.424. The van der Waals surface area contributed by atoms with Crippen LogP contribution in [-0.2, 0) is 4.79 Å². The summed E-state index contributed by atoms with van der Waals surface area (Å²) in [6.07, 6.45) is 1.60. The fourth-order valence-corrected chi connectivity index (χ4v) is 3.14. The topological polar surface area (TPSA) is 138 Å². The molecule has 0 spiro atoms. The summed E-state index contributed by atoms with van der Waals surface area (Å²) in [5.74, 6) is -0.436. The van der Waals surface area contributed by atoms with Gasteiger partial charge < -0.3 is 26.2 Å². The highest BCUT2D eigenvalue weighted by atomic mass is 16.5. The van der Waals surface area contributed by atoms with Gasteiger partial charge in [-0.25, -0.2) is 4.79 Å². The minimum absolute atomic E-state index is 0.200. The Morgan fingerprint density at radius 2 is 1.80 bits per heavy atom. The Balaban J connectivity index is 2.09. The summed E-state index contributed by atoms with van der Waals surface area (Å²) in [5, 5.41) is 14.9. The average Bonchev–Trinajstić information content (AvgIpc) is 2.74. The number of aryl methyl sites for hydroxylation is 1. The number of anilines is 1. The van der Waals surface area contributed by atoms with Gasteiger partial charge in [0.1, 0.15) is 17.3 Å². The number of amides is 1. The molecule has 30 heavy (non-hydrogen) atoms. The van der Waals surface area contributed by atoms with Crippen molar-refractivity contribution in [3.8, 4) is 16.9 Å². The number of likely N-dealkylation sites (N-methyl/N-ethyl adjacent to an activating group) is 1. The van der Waals surface area contributed by atoms with Gasteiger partial charge in [-0.15, -0.1) is 0 Å². The van der Waals surface area contributed by atoms with Crippen molar-refractivity contribution in [1.82, 2.24) is 16.2 Å². The number of methoxy groups -OCH3 is 1. The Morgan fingerprint density at radius 1 is 1.10 bits per heavy atom. The molecule has 0 saturated heterocycles. The first-order chi connectivity index (χ1) is 14.3. The lowest BCUT2D eigenvalue weighted by molar-refractivity contribution is -0.117. The number of allylic oxidation sites excluding steroid dienone is 1. The zero-order valence-electron chi connectivity index (χ0n) is 16.8. The van der Waals surface area contributed by atoms with Gasteiger partial charge in [-0.1, -0.05) is 18.2 Å². The highest BCUT2D eigenvalue weighted by Crippen LogP contribution is 2.40. The largest absolute Gasteiger partial charge is 0.494 e. The minimum atomic E-state index is -0.989. The third kappa shape index (κ3) is 4.00. The van der Waals surface area contributed by atoms with Gasteiger partial charge in [0.25, 0.3) is 5.91 Å². The molecule has 0 bridgehead atoms. The van der Waals surface area contributed by atoms with E-state index in [1.807, 2.05) is 19.1 Å². The molecule has 156 valence electrons. The van der Waals surface area contributed by atoms with Crippen LogP contribution in [0.4, 0.5) is 5.69 Å². The van der Waals surface area contributed by atoms with Gasteiger partial charge in [-0.2, -0.15) is 0 Å². The second-order valence-electron chi connectivity index (χ2n) is 6.56.